The van der Waals surface area contributed by atoms with Crippen molar-refractivity contribution in [2.75, 3.05) is 19.5 Å². The molecule has 6 heteroatoms. The zero-order valence-corrected chi connectivity index (χ0v) is 12.9. The molecule has 0 atom stereocenters. The molecule has 0 aliphatic rings. The van der Waals surface area contributed by atoms with Crippen LogP contribution in [0.1, 0.15) is 0 Å². The van der Waals surface area contributed by atoms with Gasteiger partial charge in [0.05, 0.1) is 35.8 Å². The minimum absolute atomic E-state index is 0.572. The zero-order valence-electron chi connectivity index (χ0n) is 12.1. The van der Waals surface area contributed by atoms with Crippen LogP contribution in [0.4, 0.5) is 11.5 Å². The summed E-state index contributed by atoms with van der Waals surface area (Å²) in [7, 11) is 3.22. The lowest BCUT2D eigenvalue weighted by molar-refractivity contribution is 0.415. The monoisotopic (exact) mass is 315 g/mol. The van der Waals surface area contributed by atoms with Crippen molar-refractivity contribution in [3.8, 4) is 11.5 Å². The fourth-order valence-corrected chi connectivity index (χ4v) is 2.36. The first kappa shape index (κ1) is 14.4. The van der Waals surface area contributed by atoms with Gasteiger partial charge in [-0.05, 0) is 24.3 Å². The number of nitrogens with one attached hydrogen (secondary N) is 1. The van der Waals surface area contributed by atoms with Crippen molar-refractivity contribution < 1.29 is 9.47 Å². The van der Waals surface area contributed by atoms with Crippen molar-refractivity contribution in [3.63, 3.8) is 0 Å². The number of nitrogens with zero attached hydrogens (tertiary/aromatic N) is 2. The Hall–Kier alpha value is -2.53. The van der Waals surface area contributed by atoms with Crippen molar-refractivity contribution in [3.05, 3.63) is 47.7 Å². The van der Waals surface area contributed by atoms with Gasteiger partial charge in [0, 0.05) is 6.07 Å². The van der Waals surface area contributed by atoms with Gasteiger partial charge in [0.1, 0.15) is 23.6 Å². The van der Waals surface area contributed by atoms with E-state index in [0.29, 0.717) is 28.0 Å². The third-order valence-electron chi connectivity index (χ3n) is 3.27. The number of anilines is 2. The van der Waals surface area contributed by atoms with Crippen molar-refractivity contribution in [2.45, 2.75) is 0 Å². The Morgan fingerprint density at radius 2 is 1.91 bits per heavy atom. The molecule has 22 heavy (non-hydrogen) atoms. The second kappa shape index (κ2) is 6.07. The molecule has 1 aromatic heterocycles. The summed E-state index contributed by atoms with van der Waals surface area (Å²) in [6, 6.07) is 11.0. The second-order valence-electron chi connectivity index (χ2n) is 4.55. The number of benzene rings is 2. The summed E-state index contributed by atoms with van der Waals surface area (Å²) in [5, 5.41) is 4.59. The summed E-state index contributed by atoms with van der Waals surface area (Å²) in [4.78, 5) is 8.57. The minimum atomic E-state index is 0.572. The predicted octanol–water partition coefficient (Wildman–Crippen LogP) is 4.04. The van der Waals surface area contributed by atoms with Crippen LogP contribution in [-0.2, 0) is 0 Å². The lowest BCUT2D eigenvalue weighted by Gasteiger charge is -2.13. The fourth-order valence-electron chi connectivity index (χ4n) is 2.20. The summed E-state index contributed by atoms with van der Waals surface area (Å²) in [6.07, 6.45) is 1.50. The van der Waals surface area contributed by atoms with Gasteiger partial charge < -0.3 is 14.8 Å². The second-order valence-corrected chi connectivity index (χ2v) is 4.95. The Morgan fingerprint density at radius 1 is 1.05 bits per heavy atom. The van der Waals surface area contributed by atoms with E-state index in [2.05, 4.69) is 15.3 Å². The molecule has 0 saturated heterocycles. The molecule has 0 amide bonds. The van der Waals surface area contributed by atoms with Gasteiger partial charge in [-0.3, -0.25) is 0 Å². The summed E-state index contributed by atoms with van der Waals surface area (Å²) in [6.45, 7) is 0. The van der Waals surface area contributed by atoms with Crippen LogP contribution in [0.15, 0.2) is 42.7 Å². The molecule has 5 nitrogen and oxygen atoms in total. The van der Waals surface area contributed by atoms with E-state index in [1.807, 2.05) is 24.3 Å². The SMILES string of the molecule is COc1ccc(Cl)c(Nc2ncnc3cccc(OC)c23)c1. The first-order valence-corrected chi connectivity index (χ1v) is 6.99. The molecule has 3 rings (SSSR count). The predicted molar refractivity (Wildman–Crippen MR) is 87.4 cm³/mol. The highest BCUT2D eigenvalue weighted by atomic mass is 35.5. The van der Waals surface area contributed by atoms with E-state index in [4.69, 9.17) is 21.1 Å². The lowest BCUT2D eigenvalue weighted by Crippen LogP contribution is -1.98. The first-order chi connectivity index (χ1) is 10.7. The van der Waals surface area contributed by atoms with Crippen LogP contribution in [-0.4, -0.2) is 24.2 Å². The zero-order chi connectivity index (χ0) is 15.5. The van der Waals surface area contributed by atoms with Crippen molar-refractivity contribution in [1.29, 1.82) is 0 Å². The van der Waals surface area contributed by atoms with E-state index >= 15 is 0 Å². The van der Waals surface area contributed by atoms with Gasteiger partial charge in [0.15, 0.2) is 0 Å². The number of ether oxygens (including phenoxy) is 2. The standard InChI is InChI=1S/C16H14ClN3O2/c1-21-10-6-7-11(17)13(8-10)20-16-15-12(18-9-19-16)4-3-5-14(15)22-2/h3-9H,1-2H3,(H,18,19,20). The average Bonchev–Trinajstić information content (AvgIpc) is 2.56. The fraction of sp³-hybridized carbons (Fsp3) is 0.125. The largest absolute Gasteiger partial charge is 0.497 e. The molecule has 2 aromatic carbocycles. The quantitative estimate of drug-likeness (QED) is 0.787. The normalized spacial score (nSPS) is 10.5. The van der Waals surface area contributed by atoms with Gasteiger partial charge in [-0.2, -0.15) is 0 Å². The van der Waals surface area contributed by atoms with Gasteiger partial charge in [0.25, 0.3) is 0 Å². The first-order valence-electron chi connectivity index (χ1n) is 6.61. The number of methoxy groups -OCH3 is 2. The minimum Gasteiger partial charge on any atom is -0.497 e. The maximum Gasteiger partial charge on any atom is 0.145 e. The van der Waals surface area contributed by atoms with Gasteiger partial charge in [-0.15, -0.1) is 0 Å². The highest BCUT2D eigenvalue weighted by molar-refractivity contribution is 6.33. The molecule has 112 valence electrons. The van der Waals surface area contributed by atoms with Crippen LogP contribution >= 0.6 is 11.6 Å². The molecule has 0 bridgehead atoms. The summed E-state index contributed by atoms with van der Waals surface area (Å²) in [5.41, 5.74) is 1.49. The van der Waals surface area contributed by atoms with E-state index in [9.17, 15) is 0 Å². The highest BCUT2D eigenvalue weighted by Crippen LogP contribution is 2.34. The van der Waals surface area contributed by atoms with E-state index in [1.165, 1.54) is 6.33 Å². The molecular weight excluding hydrogens is 302 g/mol. The smallest absolute Gasteiger partial charge is 0.145 e. The van der Waals surface area contributed by atoms with Gasteiger partial charge in [-0.1, -0.05) is 17.7 Å². The molecule has 0 unspecified atom stereocenters. The van der Waals surface area contributed by atoms with Crippen LogP contribution in [0.5, 0.6) is 11.5 Å². The number of halogens is 1. The third-order valence-corrected chi connectivity index (χ3v) is 3.60. The Morgan fingerprint density at radius 3 is 2.68 bits per heavy atom. The summed E-state index contributed by atoms with van der Waals surface area (Å²) in [5.74, 6) is 2.02. The lowest BCUT2D eigenvalue weighted by atomic mass is 10.2. The van der Waals surface area contributed by atoms with E-state index in [0.717, 1.165) is 10.9 Å². The molecule has 0 saturated carbocycles. The van der Waals surface area contributed by atoms with Crippen LogP contribution < -0.4 is 14.8 Å². The maximum absolute atomic E-state index is 6.24. The Kier molecular flexibility index (Phi) is 3.98. The van der Waals surface area contributed by atoms with Crippen LogP contribution in [0.3, 0.4) is 0 Å². The van der Waals surface area contributed by atoms with Gasteiger partial charge in [0.2, 0.25) is 0 Å². The molecule has 0 spiro atoms. The van der Waals surface area contributed by atoms with E-state index in [1.54, 1.807) is 26.4 Å². The maximum atomic E-state index is 6.24. The molecule has 0 fully saturated rings. The number of hydrogen-bond acceptors (Lipinski definition) is 5. The van der Waals surface area contributed by atoms with Crippen molar-refractivity contribution in [1.82, 2.24) is 9.97 Å². The third kappa shape index (κ3) is 2.63. The highest BCUT2D eigenvalue weighted by Gasteiger charge is 2.11. The molecule has 0 aliphatic carbocycles. The molecule has 3 aromatic rings. The van der Waals surface area contributed by atoms with E-state index in [-0.39, 0.29) is 0 Å². The van der Waals surface area contributed by atoms with Gasteiger partial charge in [-0.25, -0.2) is 9.97 Å². The van der Waals surface area contributed by atoms with Crippen molar-refractivity contribution >= 4 is 34.0 Å². The number of fused-ring (bicyclic) bond motifs is 1. The van der Waals surface area contributed by atoms with Gasteiger partial charge >= 0.3 is 0 Å². The topological polar surface area (TPSA) is 56.3 Å². The molecule has 1 N–H and O–H groups in total. The average molecular weight is 316 g/mol. The van der Waals surface area contributed by atoms with Crippen LogP contribution in [0, 0.1) is 0 Å². The Bertz CT molecular complexity index is 818. The van der Waals surface area contributed by atoms with Crippen LogP contribution in [0.25, 0.3) is 10.9 Å². The molecule has 1 heterocycles. The number of hydrogen-bond donors (Lipinski definition) is 1. The summed E-state index contributed by atoms with van der Waals surface area (Å²) < 4.78 is 10.6. The molecular formula is C16H14ClN3O2. The van der Waals surface area contributed by atoms with Crippen molar-refractivity contribution in [2.24, 2.45) is 0 Å². The molecule has 0 aliphatic heterocycles. The Balaban J connectivity index is 2.11. The van der Waals surface area contributed by atoms with Crippen LogP contribution in [0.2, 0.25) is 5.02 Å². The summed E-state index contributed by atoms with van der Waals surface area (Å²) >= 11 is 6.24. The number of aromatic nitrogens is 2. The Labute approximate surface area is 132 Å². The van der Waals surface area contributed by atoms with E-state index < -0.39 is 0 Å². The number of rotatable bonds is 4. The molecule has 0 radical (unpaired) electrons.